The van der Waals surface area contributed by atoms with Gasteiger partial charge in [0.25, 0.3) is 0 Å². The van der Waals surface area contributed by atoms with Crippen LogP contribution in [-0.4, -0.2) is 83.1 Å². The number of hydrogen-bond donors (Lipinski definition) is 0. The fraction of sp³-hybridized carbons (Fsp3) is 0.177. The van der Waals surface area contributed by atoms with E-state index in [2.05, 4.69) is 285 Å². The standard InChI is InChI=1S/C20H19O2S.C20H23OS.C20H17OS.C19H17S.C18H21OS.C15H15OS.C12H15O2S/c1-21-16-22-17-12-14-20(15-13-17)23(18-8-4-2-5-9-18)19-10-6-3-7-11-19;2*21-20(17-10-4-1-5-11-17)16-22(18-12-6-2-7-13-18)19-14-8-3-9-15-19;1-4-10-17(11-5-1)16-20(18-12-6-2-7-13-18)19-14-8-3-9-15-19;1-18(2,3)17(19)14-20(15-10-6-4-7-11-15)16-12-8-5-9-13-16;1-13(16)12-17(14-8-4-2-5-9-14)15-10-6-3-7-11-15;1-10(13)8-15(9-11(2)14)12-6-4-3-5-7-12/h2-15H,16H2,1H3;2-3,6-9,12-15,17H,1,4-5,10-11,16H2;1-15H,16H2;1-15H,16H2;4-13H,14H2,1-3H3;2-11H,12H2,1H3;3-7H,8-9H2,1-2H3/q7*+1. The zero-order valence-corrected chi connectivity index (χ0v) is 86.2. The van der Waals surface area contributed by atoms with E-state index in [1.807, 2.05) is 215 Å². The molecule has 1 fully saturated rings. The SMILES string of the molecule is CC(=O)C[S+](CC(C)=O)c1ccccc1.CC(=O)C[S+](c1ccccc1)c1ccccc1.CC(C)(C)C(=O)C[S+](c1ccccc1)c1ccccc1.COCOc1ccc([S+](c2ccccc2)c2ccccc2)cc1.O=C(C[S+](c1ccccc1)c1ccccc1)C1CCCCC1.O=C(C[S+](c1ccccc1)c1ccccc1)c1ccccc1.c1ccc(C[S+](c2ccccc2)c2ccccc2)cc1. The second kappa shape index (κ2) is 59.9. The number of hydrogen-bond acceptors (Lipinski definition) is 8. The van der Waals surface area contributed by atoms with Gasteiger partial charge < -0.3 is 9.47 Å². The number of methoxy groups -OCH3 is 1. The summed E-state index contributed by atoms with van der Waals surface area (Å²) < 4.78 is 10.4. The molecule has 0 N–H and O–H groups in total. The third kappa shape index (κ3) is 37.1. The van der Waals surface area contributed by atoms with Crippen LogP contribution in [0.1, 0.15) is 89.6 Å². The van der Waals surface area contributed by atoms with Gasteiger partial charge in [0, 0.05) is 40.5 Å². The molecule has 0 atom stereocenters. The summed E-state index contributed by atoms with van der Waals surface area (Å²) in [5, 5.41) is 0. The average Bonchev–Trinajstić information content (AvgIpc) is 0.815. The summed E-state index contributed by atoms with van der Waals surface area (Å²) in [4.78, 5) is 89.1. The first-order chi connectivity index (χ1) is 67.8. The van der Waals surface area contributed by atoms with Gasteiger partial charge in [0.1, 0.15) is 11.5 Å². The Labute approximate surface area is 845 Å². The smallest absolute Gasteiger partial charge is 0.212 e. The molecule has 1 saturated carbocycles. The summed E-state index contributed by atoms with van der Waals surface area (Å²) >= 11 is 0. The summed E-state index contributed by atoms with van der Waals surface area (Å²) in [6, 6.07) is 164. The van der Waals surface area contributed by atoms with Crippen LogP contribution < -0.4 is 4.74 Å². The van der Waals surface area contributed by atoms with E-state index in [9.17, 15) is 28.8 Å². The molecule has 8 nitrogen and oxygen atoms in total. The number of ketones is 6. The summed E-state index contributed by atoms with van der Waals surface area (Å²) in [6.45, 7) is 11.0. The Morgan fingerprint density at radius 3 is 0.813 bits per heavy atom. The number of carbonyl (C=O) groups excluding carboxylic acids is 6. The second-order valence-corrected chi connectivity index (χ2v) is 47.8. The normalized spacial score (nSPS) is 11.6. The Balaban J connectivity index is 0.000000156. The molecule has 1 aliphatic carbocycles. The van der Waals surface area contributed by atoms with Crippen molar-refractivity contribution < 1.29 is 38.2 Å². The van der Waals surface area contributed by atoms with Gasteiger partial charge in [-0.25, -0.2) is 0 Å². The molecule has 0 radical (unpaired) electrons. The Morgan fingerprint density at radius 1 is 0.266 bits per heavy atom. The van der Waals surface area contributed by atoms with Crippen molar-refractivity contribution >= 4 is 111 Å². The van der Waals surface area contributed by atoms with Crippen LogP contribution in [0.3, 0.4) is 0 Å². The highest BCUT2D eigenvalue weighted by molar-refractivity contribution is 7.99. The van der Waals surface area contributed by atoms with Crippen LogP contribution in [0, 0.1) is 11.3 Å². The predicted octanol–water partition coefficient (Wildman–Crippen LogP) is 28.7. The first-order valence-electron chi connectivity index (χ1n) is 46.9. The van der Waals surface area contributed by atoms with Crippen molar-refractivity contribution in [3.8, 4) is 5.75 Å². The van der Waals surface area contributed by atoms with Crippen LogP contribution in [-0.2, 0) is 111 Å². The van der Waals surface area contributed by atoms with Crippen LogP contribution in [0.2, 0.25) is 0 Å². The summed E-state index contributed by atoms with van der Waals surface area (Å²) in [6.07, 6.45) is 5.94. The first-order valence-corrected chi connectivity index (χ1v) is 56.6. The van der Waals surface area contributed by atoms with Crippen LogP contribution in [0.4, 0.5) is 0 Å². The highest BCUT2D eigenvalue weighted by Crippen LogP contribution is 2.36. The molecule has 0 aromatic heterocycles. The van der Waals surface area contributed by atoms with Crippen molar-refractivity contribution in [2.24, 2.45) is 11.3 Å². The molecular weight excluding hydrogens is 1840 g/mol. The molecule has 16 aromatic rings. The Morgan fingerprint density at radius 2 is 0.518 bits per heavy atom. The lowest BCUT2D eigenvalue weighted by Gasteiger charge is -2.20. The highest BCUT2D eigenvalue weighted by Gasteiger charge is 2.37. The quantitative estimate of drug-likeness (QED) is 0.0227. The second-order valence-electron chi connectivity index (χ2n) is 33.7. The molecule has 0 aliphatic heterocycles. The topological polar surface area (TPSA) is 121 Å². The van der Waals surface area contributed by atoms with Gasteiger partial charge in [-0.15, -0.1) is 0 Å². The van der Waals surface area contributed by atoms with Crippen LogP contribution in [0.25, 0.3) is 0 Å². The molecule has 1 aliphatic rings. The van der Waals surface area contributed by atoms with Gasteiger partial charge in [-0.3, -0.25) is 28.8 Å². The van der Waals surface area contributed by atoms with Crippen molar-refractivity contribution in [3.05, 3.63) is 490 Å². The zero-order chi connectivity index (χ0) is 97.9. The van der Waals surface area contributed by atoms with E-state index in [1.165, 1.54) is 88.5 Å². The van der Waals surface area contributed by atoms with E-state index in [4.69, 9.17) is 9.47 Å². The lowest BCUT2D eigenvalue weighted by Crippen LogP contribution is -2.28. The summed E-state index contributed by atoms with van der Waals surface area (Å²) in [7, 11) is 0.685. The Kier molecular flexibility index (Phi) is 46.2. The molecule has 15 heteroatoms. The van der Waals surface area contributed by atoms with Crippen molar-refractivity contribution in [1.82, 2.24) is 0 Å². The lowest BCUT2D eigenvalue weighted by atomic mass is 9.87. The van der Waals surface area contributed by atoms with Gasteiger partial charge in [-0.2, -0.15) is 0 Å². The van der Waals surface area contributed by atoms with E-state index in [0.717, 1.165) is 34.8 Å². The first kappa shape index (κ1) is 107. The highest BCUT2D eigenvalue weighted by atomic mass is 32.2. The molecule has 0 bridgehead atoms. The Bertz CT molecular complexity index is 5920. The third-order valence-corrected chi connectivity index (χ3v) is 37.9. The summed E-state index contributed by atoms with van der Waals surface area (Å²) in [5.41, 5.74) is 1.89. The van der Waals surface area contributed by atoms with Crippen LogP contribution in [0.5, 0.6) is 5.75 Å². The monoisotopic (exact) mass is 1970 g/mol. The molecule has 0 amide bonds. The van der Waals surface area contributed by atoms with E-state index in [0.29, 0.717) is 52.0 Å². The molecule has 706 valence electrons. The molecular formula is C124H127O8S7+7. The average molecular weight is 1970 g/mol. The van der Waals surface area contributed by atoms with Gasteiger partial charge >= 0.3 is 0 Å². The van der Waals surface area contributed by atoms with E-state index < -0.39 is 0 Å². The number of carbonyl (C=O) groups is 6. The van der Waals surface area contributed by atoms with E-state index >= 15 is 0 Å². The molecule has 0 unspecified atom stereocenters. The minimum atomic E-state index is -0.283. The maximum Gasteiger partial charge on any atom is 0.212 e. The predicted molar refractivity (Wildman–Crippen MR) is 588 cm³/mol. The fourth-order valence-electron chi connectivity index (χ4n) is 14.8. The number of rotatable bonds is 33. The van der Waals surface area contributed by atoms with Crippen molar-refractivity contribution in [1.29, 1.82) is 0 Å². The number of benzene rings is 16. The molecule has 0 spiro atoms. The van der Waals surface area contributed by atoms with Crippen LogP contribution in [0.15, 0.2) is 548 Å². The Hall–Kier alpha value is -12.3. The van der Waals surface area contributed by atoms with Gasteiger partial charge in [0.15, 0.2) is 139 Å². The van der Waals surface area contributed by atoms with Gasteiger partial charge in [0.2, 0.25) is 5.78 Å². The fourth-order valence-corrected chi connectivity index (χ4v) is 29.3. The van der Waals surface area contributed by atoms with Gasteiger partial charge in [0.05, 0.1) is 65.4 Å². The largest absolute Gasteiger partial charge is 0.468 e. The lowest BCUT2D eigenvalue weighted by molar-refractivity contribution is -0.123. The van der Waals surface area contributed by atoms with E-state index in [1.54, 1.807) is 27.9 Å². The molecule has 0 saturated heterocycles. The molecule has 16 aromatic carbocycles. The minimum Gasteiger partial charge on any atom is -0.468 e. The molecule has 0 heterocycles. The molecule has 17 rings (SSSR count). The maximum absolute atomic E-state index is 12.8. The third-order valence-electron chi connectivity index (χ3n) is 21.8. The molecule has 139 heavy (non-hydrogen) atoms. The summed E-state index contributed by atoms with van der Waals surface area (Å²) in [5.74, 6) is 6.98. The number of Topliss-reactive ketones (excluding diaryl/α,β-unsaturated/α-hetero) is 6. The maximum atomic E-state index is 12.8. The zero-order valence-electron chi connectivity index (χ0n) is 80.5. The van der Waals surface area contributed by atoms with Crippen molar-refractivity contribution in [3.63, 3.8) is 0 Å². The van der Waals surface area contributed by atoms with Crippen molar-refractivity contribution in [2.45, 2.75) is 148 Å². The van der Waals surface area contributed by atoms with Gasteiger partial charge in [-0.1, -0.05) is 337 Å². The number of ether oxygens (including phenoxy) is 2. The minimum absolute atomic E-state index is 0.0978. The van der Waals surface area contributed by atoms with Crippen LogP contribution >= 0.6 is 0 Å². The van der Waals surface area contributed by atoms with Crippen molar-refractivity contribution in [2.75, 3.05) is 48.4 Å². The van der Waals surface area contributed by atoms with Gasteiger partial charge in [-0.05, 0) is 216 Å². The van der Waals surface area contributed by atoms with E-state index in [-0.39, 0.29) is 112 Å².